The summed E-state index contributed by atoms with van der Waals surface area (Å²) in [4.78, 5) is 21.4. The van der Waals surface area contributed by atoms with Crippen LogP contribution in [0.5, 0.6) is 11.5 Å². The highest BCUT2D eigenvalue weighted by Crippen LogP contribution is 2.36. The van der Waals surface area contributed by atoms with E-state index in [1.165, 1.54) is 37.7 Å². The van der Waals surface area contributed by atoms with Crippen LogP contribution in [-0.2, 0) is 0 Å². The summed E-state index contributed by atoms with van der Waals surface area (Å²) in [5.41, 5.74) is 0.420. The number of H-pyrrole nitrogens is 1. The highest BCUT2D eigenvalue weighted by molar-refractivity contribution is 6.36. The molecule has 10 heteroatoms. The third kappa shape index (κ3) is 5.28. The fraction of sp³-hybridized carbons (Fsp3) is 0.364. The van der Waals surface area contributed by atoms with Crippen molar-refractivity contribution in [2.75, 3.05) is 31.5 Å². The van der Waals surface area contributed by atoms with Crippen LogP contribution >= 0.6 is 11.6 Å². The van der Waals surface area contributed by atoms with E-state index in [1.807, 2.05) is 0 Å². The summed E-state index contributed by atoms with van der Waals surface area (Å²) in [5.74, 6) is -2.35. The summed E-state index contributed by atoms with van der Waals surface area (Å²) in [7, 11) is 0. The Balaban J connectivity index is 1.35. The molecule has 0 bridgehead atoms. The number of benzene rings is 1. The van der Waals surface area contributed by atoms with E-state index in [4.69, 9.17) is 16.3 Å². The fourth-order valence-electron chi connectivity index (χ4n) is 3.78. The van der Waals surface area contributed by atoms with Crippen molar-refractivity contribution in [3.05, 3.63) is 47.2 Å². The lowest BCUT2D eigenvalue weighted by Crippen LogP contribution is -2.34. The number of rotatable bonds is 7. The first-order valence-corrected chi connectivity index (χ1v) is 10.9. The number of carbonyl (C=O) groups is 1. The molecule has 0 atom stereocenters. The smallest absolute Gasteiger partial charge is 0.319 e. The maximum Gasteiger partial charge on any atom is 0.319 e. The number of aromatic nitrogens is 2. The van der Waals surface area contributed by atoms with Gasteiger partial charge in [0.2, 0.25) is 0 Å². The standard InChI is InChI=1S/C22H24ClF2N5O2/c23-15-13-28-21-19(15)18(5-7-26-21)32-20-16(24)11-14(12-17(20)25)29-22(31)27-6-4-10-30-8-2-1-3-9-30/h5,7,11-13H,1-4,6,8-10H2,(H,26,28)(H2,27,29,31). The van der Waals surface area contributed by atoms with E-state index < -0.39 is 23.4 Å². The Morgan fingerprint density at radius 3 is 2.72 bits per heavy atom. The number of urea groups is 1. The van der Waals surface area contributed by atoms with Crippen molar-refractivity contribution in [3.8, 4) is 11.5 Å². The van der Waals surface area contributed by atoms with Gasteiger partial charge < -0.3 is 25.3 Å². The average molecular weight is 464 g/mol. The lowest BCUT2D eigenvalue weighted by Gasteiger charge is -2.26. The van der Waals surface area contributed by atoms with Gasteiger partial charge >= 0.3 is 6.03 Å². The number of amides is 2. The molecule has 0 spiro atoms. The van der Waals surface area contributed by atoms with Gasteiger partial charge in [-0.2, -0.15) is 0 Å². The molecule has 3 heterocycles. The van der Waals surface area contributed by atoms with Crippen LogP contribution in [0.1, 0.15) is 25.7 Å². The van der Waals surface area contributed by atoms with Crippen LogP contribution in [0.2, 0.25) is 5.02 Å². The molecule has 2 amide bonds. The van der Waals surface area contributed by atoms with Gasteiger partial charge in [-0.3, -0.25) is 0 Å². The zero-order valence-electron chi connectivity index (χ0n) is 17.4. The Kier molecular flexibility index (Phi) is 7.06. The van der Waals surface area contributed by atoms with Gasteiger partial charge in [-0.05, 0) is 45.0 Å². The van der Waals surface area contributed by atoms with E-state index in [1.54, 1.807) is 0 Å². The molecule has 0 unspecified atom stereocenters. The Bertz CT molecular complexity index is 1080. The van der Waals surface area contributed by atoms with Crippen molar-refractivity contribution in [3.63, 3.8) is 0 Å². The highest BCUT2D eigenvalue weighted by atomic mass is 35.5. The normalized spacial score (nSPS) is 14.5. The van der Waals surface area contributed by atoms with Crippen LogP contribution in [0.15, 0.2) is 30.6 Å². The minimum atomic E-state index is -0.956. The molecule has 3 aromatic rings. The van der Waals surface area contributed by atoms with Crippen LogP contribution in [0, 0.1) is 11.6 Å². The molecule has 32 heavy (non-hydrogen) atoms. The van der Waals surface area contributed by atoms with E-state index in [0.717, 1.165) is 38.2 Å². The monoisotopic (exact) mass is 463 g/mol. The van der Waals surface area contributed by atoms with E-state index in [-0.39, 0.29) is 11.4 Å². The largest absolute Gasteiger partial charge is 0.450 e. The number of anilines is 1. The van der Waals surface area contributed by atoms with Gasteiger partial charge in [-0.15, -0.1) is 0 Å². The molecule has 0 radical (unpaired) electrons. The highest BCUT2D eigenvalue weighted by Gasteiger charge is 2.18. The van der Waals surface area contributed by atoms with Gasteiger partial charge in [0.25, 0.3) is 0 Å². The van der Waals surface area contributed by atoms with E-state index >= 15 is 0 Å². The summed E-state index contributed by atoms with van der Waals surface area (Å²) >= 11 is 6.11. The maximum absolute atomic E-state index is 14.6. The first-order chi connectivity index (χ1) is 15.5. The summed E-state index contributed by atoms with van der Waals surface area (Å²) < 4.78 is 34.6. The van der Waals surface area contributed by atoms with Gasteiger partial charge in [0.05, 0.1) is 10.4 Å². The zero-order valence-corrected chi connectivity index (χ0v) is 18.1. The maximum atomic E-state index is 14.6. The third-order valence-electron chi connectivity index (χ3n) is 5.34. The molecule has 0 aliphatic carbocycles. The topological polar surface area (TPSA) is 82.3 Å². The van der Waals surface area contributed by atoms with Gasteiger partial charge in [-0.25, -0.2) is 18.6 Å². The predicted octanol–water partition coefficient (Wildman–Crippen LogP) is 5.28. The Morgan fingerprint density at radius 1 is 1.22 bits per heavy atom. The minimum absolute atomic E-state index is 0.0135. The minimum Gasteiger partial charge on any atom is -0.450 e. The van der Waals surface area contributed by atoms with Crippen LogP contribution in [0.4, 0.5) is 19.3 Å². The molecular formula is C22H24ClF2N5O2. The molecule has 1 fully saturated rings. The Morgan fingerprint density at radius 2 is 1.97 bits per heavy atom. The average Bonchev–Trinajstić information content (AvgIpc) is 3.16. The van der Waals surface area contributed by atoms with Gasteiger partial charge in [0, 0.05) is 36.8 Å². The van der Waals surface area contributed by atoms with Gasteiger partial charge in [0.1, 0.15) is 11.4 Å². The summed E-state index contributed by atoms with van der Waals surface area (Å²) in [5, 5.41) is 5.90. The second kappa shape index (κ2) is 10.1. The number of pyridine rings is 1. The molecule has 3 N–H and O–H groups in total. The molecule has 1 aliphatic heterocycles. The molecule has 7 nitrogen and oxygen atoms in total. The number of nitrogens with zero attached hydrogens (tertiary/aromatic N) is 2. The number of hydrogen-bond donors (Lipinski definition) is 3. The fourth-order valence-corrected chi connectivity index (χ4v) is 4.01. The van der Waals surface area contributed by atoms with Crippen molar-refractivity contribution in [2.24, 2.45) is 0 Å². The number of likely N-dealkylation sites (tertiary alicyclic amines) is 1. The molecule has 1 saturated heterocycles. The van der Waals surface area contributed by atoms with Crippen molar-refractivity contribution in [2.45, 2.75) is 25.7 Å². The molecule has 0 saturated carbocycles. The number of halogens is 3. The molecule has 170 valence electrons. The van der Waals surface area contributed by atoms with Crippen molar-refractivity contribution in [1.29, 1.82) is 0 Å². The summed E-state index contributed by atoms with van der Waals surface area (Å²) in [6.45, 7) is 3.59. The molecule has 4 rings (SSSR count). The van der Waals surface area contributed by atoms with Gasteiger partial charge in [0.15, 0.2) is 17.4 Å². The first-order valence-electron chi connectivity index (χ1n) is 10.6. The number of ether oxygens (including phenoxy) is 1. The third-order valence-corrected chi connectivity index (χ3v) is 5.64. The Labute approximate surface area is 189 Å². The number of aromatic amines is 1. The zero-order chi connectivity index (χ0) is 22.5. The lowest BCUT2D eigenvalue weighted by atomic mass is 10.1. The lowest BCUT2D eigenvalue weighted by molar-refractivity contribution is 0.224. The SMILES string of the molecule is O=C(NCCCN1CCCCC1)Nc1cc(F)c(Oc2ccnc3[nH]cc(Cl)c23)c(F)c1. The quantitative estimate of drug-likeness (QED) is 0.416. The van der Waals surface area contributed by atoms with E-state index in [0.29, 0.717) is 22.6 Å². The summed E-state index contributed by atoms with van der Waals surface area (Å²) in [6, 6.07) is 2.95. The molecule has 1 aliphatic rings. The summed E-state index contributed by atoms with van der Waals surface area (Å²) in [6.07, 6.45) is 7.47. The predicted molar refractivity (Wildman–Crippen MR) is 119 cm³/mol. The number of hydrogen-bond acceptors (Lipinski definition) is 4. The Hall–Kier alpha value is -2.91. The second-order valence-corrected chi connectivity index (χ2v) is 8.08. The molecular weight excluding hydrogens is 440 g/mol. The van der Waals surface area contributed by atoms with Crippen molar-refractivity contribution >= 4 is 34.4 Å². The van der Waals surface area contributed by atoms with Crippen LogP contribution in [0.3, 0.4) is 0 Å². The van der Waals surface area contributed by atoms with E-state index in [2.05, 4.69) is 25.5 Å². The number of carbonyl (C=O) groups excluding carboxylic acids is 1. The number of piperidine rings is 1. The molecule has 2 aromatic heterocycles. The van der Waals surface area contributed by atoms with Crippen LogP contribution in [-0.4, -0.2) is 47.1 Å². The van der Waals surface area contributed by atoms with E-state index in [9.17, 15) is 13.6 Å². The number of nitrogens with one attached hydrogen (secondary N) is 3. The van der Waals surface area contributed by atoms with Crippen molar-refractivity contribution < 1.29 is 18.3 Å². The first kappa shape index (κ1) is 22.3. The van der Waals surface area contributed by atoms with Crippen molar-refractivity contribution in [1.82, 2.24) is 20.2 Å². The van der Waals surface area contributed by atoms with Crippen LogP contribution < -0.4 is 15.4 Å². The van der Waals surface area contributed by atoms with Gasteiger partial charge in [-0.1, -0.05) is 18.0 Å². The van der Waals surface area contributed by atoms with Crippen LogP contribution in [0.25, 0.3) is 11.0 Å². The molecule has 1 aromatic carbocycles. The second-order valence-electron chi connectivity index (χ2n) is 7.68. The number of fused-ring (bicyclic) bond motifs is 1.